The predicted octanol–water partition coefficient (Wildman–Crippen LogP) is 2.81. The van der Waals surface area contributed by atoms with Gasteiger partial charge in [0.25, 0.3) is 0 Å². The first-order valence-electron chi connectivity index (χ1n) is 7.22. The van der Waals surface area contributed by atoms with E-state index in [1.807, 2.05) is 27.7 Å². The van der Waals surface area contributed by atoms with Crippen molar-refractivity contribution in [1.29, 1.82) is 0 Å². The van der Waals surface area contributed by atoms with Crippen LogP contribution in [0.15, 0.2) is 0 Å². The highest BCUT2D eigenvalue weighted by atomic mass is 16.7. The van der Waals surface area contributed by atoms with Crippen molar-refractivity contribution in [3.63, 3.8) is 0 Å². The quantitative estimate of drug-likeness (QED) is 0.570. The maximum atomic E-state index is 11.9. The van der Waals surface area contributed by atoms with E-state index >= 15 is 0 Å². The molecule has 0 amide bonds. The zero-order chi connectivity index (χ0) is 14.3. The lowest BCUT2D eigenvalue weighted by Gasteiger charge is -2.32. The van der Waals surface area contributed by atoms with Gasteiger partial charge in [-0.1, -0.05) is 19.3 Å². The molecule has 0 aromatic rings. The average Bonchev–Trinajstić information content (AvgIpc) is 2.57. The summed E-state index contributed by atoms with van der Waals surface area (Å²) in [6.45, 7) is 8.18. The first-order valence-corrected chi connectivity index (χ1v) is 7.22. The SMILES string of the molecule is COC(=O)C1CCCCC1B1OC(C)(C)C(C)(C)O1. The number of methoxy groups -OCH3 is 1. The van der Waals surface area contributed by atoms with E-state index in [0.29, 0.717) is 0 Å². The zero-order valence-electron chi connectivity index (χ0n) is 12.7. The Labute approximate surface area is 116 Å². The third-order valence-corrected chi connectivity index (χ3v) is 4.94. The molecule has 0 aromatic carbocycles. The van der Waals surface area contributed by atoms with Gasteiger partial charge in [-0.05, 0) is 34.1 Å². The van der Waals surface area contributed by atoms with Gasteiger partial charge in [-0.3, -0.25) is 4.79 Å². The summed E-state index contributed by atoms with van der Waals surface area (Å²) in [5.41, 5.74) is -0.675. The van der Waals surface area contributed by atoms with Crippen LogP contribution in [0, 0.1) is 5.92 Å². The van der Waals surface area contributed by atoms with Crippen molar-refractivity contribution >= 4 is 13.1 Å². The number of carbonyl (C=O) groups excluding carboxylic acids is 1. The van der Waals surface area contributed by atoms with Crippen molar-refractivity contribution in [2.45, 2.75) is 70.4 Å². The molecule has 1 aliphatic heterocycles. The summed E-state index contributed by atoms with van der Waals surface area (Å²) in [6, 6.07) is 0. The normalized spacial score (nSPS) is 33.2. The van der Waals surface area contributed by atoms with Crippen LogP contribution in [-0.2, 0) is 18.8 Å². The summed E-state index contributed by atoms with van der Waals surface area (Å²) in [4.78, 5) is 11.9. The van der Waals surface area contributed by atoms with Crippen LogP contribution in [-0.4, -0.2) is 31.4 Å². The summed E-state index contributed by atoms with van der Waals surface area (Å²) in [5.74, 6) is -0.102. The van der Waals surface area contributed by atoms with Gasteiger partial charge in [-0.15, -0.1) is 0 Å². The molecule has 0 aromatic heterocycles. The number of hydrogen-bond acceptors (Lipinski definition) is 4. The largest absolute Gasteiger partial charge is 0.469 e. The van der Waals surface area contributed by atoms with E-state index in [4.69, 9.17) is 14.0 Å². The second kappa shape index (κ2) is 5.10. The molecule has 1 saturated carbocycles. The predicted molar refractivity (Wildman–Crippen MR) is 73.8 cm³/mol. The Morgan fingerprint density at radius 1 is 1.11 bits per heavy atom. The van der Waals surface area contributed by atoms with Crippen LogP contribution in [0.4, 0.5) is 0 Å². The smallest absolute Gasteiger partial charge is 0.462 e. The van der Waals surface area contributed by atoms with E-state index < -0.39 is 0 Å². The van der Waals surface area contributed by atoms with Crippen molar-refractivity contribution < 1.29 is 18.8 Å². The van der Waals surface area contributed by atoms with Crippen LogP contribution in [0.5, 0.6) is 0 Å². The molecule has 1 heterocycles. The fourth-order valence-electron chi connectivity index (χ4n) is 2.99. The maximum Gasteiger partial charge on any atom is 0.462 e. The van der Waals surface area contributed by atoms with Gasteiger partial charge in [-0.2, -0.15) is 0 Å². The molecule has 4 nitrogen and oxygen atoms in total. The number of hydrogen-bond donors (Lipinski definition) is 0. The van der Waals surface area contributed by atoms with E-state index in [2.05, 4.69) is 0 Å². The van der Waals surface area contributed by atoms with Crippen molar-refractivity contribution in [3.05, 3.63) is 0 Å². The van der Waals surface area contributed by atoms with Gasteiger partial charge in [-0.25, -0.2) is 0 Å². The summed E-state index contributed by atoms with van der Waals surface area (Å²) in [6.07, 6.45) is 4.05. The van der Waals surface area contributed by atoms with Gasteiger partial charge < -0.3 is 14.0 Å². The molecular weight excluding hydrogens is 243 g/mol. The molecule has 2 aliphatic rings. The minimum Gasteiger partial charge on any atom is -0.469 e. The second-order valence-electron chi connectivity index (χ2n) is 6.70. The summed E-state index contributed by atoms with van der Waals surface area (Å²) in [5, 5.41) is 0. The van der Waals surface area contributed by atoms with E-state index in [9.17, 15) is 4.79 Å². The molecular formula is C14H25BO4. The molecule has 108 valence electrons. The van der Waals surface area contributed by atoms with Gasteiger partial charge in [0.15, 0.2) is 0 Å². The van der Waals surface area contributed by atoms with Crippen LogP contribution in [0.3, 0.4) is 0 Å². The molecule has 5 heteroatoms. The lowest BCUT2D eigenvalue weighted by molar-refractivity contribution is -0.146. The first kappa shape index (κ1) is 14.9. The van der Waals surface area contributed by atoms with Crippen molar-refractivity contribution in [3.8, 4) is 0 Å². The standard InChI is InChI=1S/C14H25BO4/c1-13(2)14(3,4)19-15(18-13)11-9-7-6-8-10(11)12(16)17-5/h10-11H,6-9H2,1-5H3. The molecule has 0 spiro atoms. The maximum absolute atomic E-state index is 11.9. The summed E-state index contributed by atoms with van der Waals surface area (Å²) in [7, 11) is 1.16. The van der Waals surface area contributed by atoms with Gasteiger partial charge >= 0.3 is 13.1 Å². The van der Waals surface area contributed by atoms with E-state index in [1.165, 1.54) is 7.11 Å². The average molecular weight is 268 g/mol. The zero-order valence-corrected chi connectivity index (χ0v) is 12.7. The fraction of sp³-hybridized carbons (Fsp3) is 0.929. The Kier molecular flexibility index (Phi) is 3.98. The molecule has 2 fully saturated rings. The molecule has 1 aliphatic carbocycles. The molecule has 2 rings (SSSR count). The van der Waals surface area contributed by atoms with Crippen LogP contribution >= 0.6 is 0 Å². The molecule has 1 saturated heterocycles. The number of carbonyl (C=O) groups is 1. The minimum atomic E-state index is -0.338. The van der Waals surface area contributed by atoms with Crippen molar-refractivity contribution in [1.82, 2.24) is 0 Å². The van der Waals surface area contributed by atoms with E-state index in [-0.39, 0.29) is 36.0 Å². The minimum absolute atomic E-state index is 0.0894. The highest BCUT2D eigenvalue weighted by Crippen LogP contribution is 2.46. The molecule has 0 radical (unpaired) electrons. The highest BCUT2D eigenvalue weighted by molar-refractivity contribution is 6.48. The Bertz CT molecular complexity index is 337. The van der Waals surface area contributed by atoms with E-state index in [1.54, 1.807) is 0 Å². The lowest BCUT2D eigenvalue weighted by Crippen LogP contribution is -2.41. The Morgan fingerprint density at radius 3 is 2.16 bits per heavy atom. The topological polar surface area (TPSA) is 44.8 Å². The molecule has 0 N–H and O–H groups in total. The van der Waals surface area contributed by atoms with Crippen LogP contribution in [0.25, 0.3) is 0 Å². The lowest BCUT2D eigenvalue weighted by atomic mass is 9.59. The van der Waals surface area contributed by atoms with Crippen molar-refractivity contribution in [2.75, 3.05) is 7.11 Å². The third-order valence-electron chi connectivity index (χ3n) is 4.94. The van der Waals surface area contributed by atoms with Gasteiger partial charge in [0, 0.05) is 5.82 Å². The monoisotopic (exact) mass is 268 g/mol. The Balaban J connectivity index is 2.14. The van der Waals surface area contributed by atoms with E-state index in [0.717, 1.165) is 25.7 Å². The number of ether oxygens (including phenoxy) is 1. The first-order chi connectivity index (χ1) is 8.78. The Morgan fingerprint density at radius 2 is 1.63 bits per heavy atom. The van der Waals surface area contributed by atoms with Gasteiger partial charge in [0.1, 0.15) is 0 Å². The van der Waals surface area contributed by atoms with Crippen LogP contribution in [0.2, 0.25) is 5.82 Å². The van der Waals surface area contributed by atoms with Gasteiger partial charge in [0.05, 0.1) is 24.2 Å². The number of esters is 1. The summed E-state index contributed by atoms with van der Waals surface area (Å²) < 4.78 is 17.1. The third kappa shape index (κ3) is 2.68. The molecule has 19 heavy (non-hydrogen) atoms. The van der Waals surface area contributed by atoms with Crippen LogP contribution in [0.1, 0.15) is 53.4 Å². The van der Waals surface area contributed by atoms with Crippen LogP contribution < -0.4 is 0 Å². The number of rotatable bonds is 2. The molecule has 2 unspecified atom stereocenters. The highest BCUT2D eigenvalue weighted by Gasteiger charge is 2.56. The van der Waals surface area contributed by atoms with Gasteiger partial charge in [0.2, 0.25) is 0 Å². The summed E-state index contributed by atoms with van der Waals surface area (Å²) >= 11 is 0. The Hall–Kier alpha value is -0.545. The molecule has 0 bridgehead atoms. The van der Waals surface area contributed by atoms with Crippen molar-refractivity contribution in [2.24, 2.45) is 5.92 Å². The second-order valence-corrected chi connectivity index (χ2v) is 6.70. The molecule has 2 atom stereocenters. The fourth-order valence-corrected chi connectivity index (χ4v) is 2.99.